The standard InChI is InChI=1S/C8H12O2.2C2H6/c1-6(2)5-8(10-4)7(3)9;2*1-2/h5,9H,1,3H2,2,4H3;2*1-2H3/b8-5+;;. The van der Waals surface area contributed by atoms with Gasteiger partial charge in [-0.1, -0.05) is 46.4 Å². The molecule has 0 spiro atoms. The molecule has 1 N–H and O–H groups in total. The topological polar surface area (TPSA) is 29.5 Å². The summed E-state index contributed by atoms with van der Waals surface area (Å²) in [5, 5.41) is 8.83. The highest BCUT2D eigenvalue weighted by atomic mass is 16.5. The summed E-state index contributed by atoms with van der Waals surface area (Å²) in [5.41, 5.74) is 0.812. The van der Waals surface area contributed by atoms with Crippen LogP contribution in [0.3, 0.4) is 0 Å². The van der Waals surface area contributed by atoms with Crippen molar-refractivity contribution in [2.75, 3.05) is 7.11 Å². The van der Waals surface area contributed by atoms with Gasteiger partial charge >= 0.3 is 0 Å². The van der Waals surface area contributed by atoms with Crippen molar-refractivity contribution in [3.05, 3.63) is 36.3 Å². The van der Waals surface area contributed by atoms with Crippen LogP contribution in [-0.2, 0) is 4.74 Å². The van der Waals surface area contributed by atoms with Crippen molar-refractivity contribution in [1.29, 1.82) is 0 Å². The van der Waals surface area contributed by atoms with E-state index in [9.17, 15) is 0 Å². The Morgan fingerprint density at radius 3 is 1.57 bits per heavy atom. The van der Waals surface area contributed by atoms with E-state index in [2.05, 4.69) is 13.2 Å². The lowest BCUT2D eigenvalue weighted by molar-refractivity contribution is 0.257. The average molecular weight is 200 g/mol. The minimum absolute atomic E-state index is 0.0782. The summed E-state index contributed by atoms with van der Waals surface area (Å²) in [6, 6.07) is 0. The minimum atomic E-state index is -0.0782. The Morgan fingerprint density at radius 1 is 1.14 bits per heavy atom. The van der Waals surface area contributed by atoms with Gasteiger partial charge in [0.1, 0.15) is 5.76 Å². The molecule has 0 bridgehead atoms. The zero-order chi connectivity index (χ0) is 12.1. The summed E-state index contributed by atoms with van der Waals surface area (Å²) < 4.78 is 4.77. The van der Waals surface area contributed by atoms with Crippen molar-refractivity contribution >= 4 is 0 Å². The summed E-state index contributed by atoms with van der Waals surface area (Å²) in [5.74, 6) is 0.276. The lowest BCUT2D eigenvalue weighted by Gasteiger charge is -2.02. The molecule has 0 unspecified atom stereocenters. The molecule has 0 rings (SSSR count). The fourth-order valence-corrected chi connectivity index (χ4v) is 0.484. The van der Waals surface area contributed by atoms with E-state index in [1.54, 1.807) is 6.08 Å². The molecule has 0 aromatic carbocycles. The molecule has 0 aliphatic rings. The summed E-state index contributed by atoms with van der Waals surface area (Å²) in [4.78, 5) is 0. The van der Waals surface area contributed by atoms with Crippen LogP contribution in [0, 0.1) is 0 Å². The lowest BCUT2D eigenvalue weighted by atomic mass is 10.3. The van der Waals surface area contributed by atoms with Crippen LogP contribution in [0.15, 0.2) is 36.3 Å². The normalized spacial score (nSPS) is 8.57. The molecule has 2 nitrogen and oxygen atoms in total. The van der Waals surface area contributed by atoms with Gasteiger partial charge in [0.2, 0.25) is 0 Å². The first kappa shape index (κ1) is 18.6. The molecular weight excluding hydrogens is 176 g/mol. The van der Waals surface area contributed by atoms with E-state index >= 15 is 0 Å². The van der Waals surface area contributed by atoms with E-state index < -0.39 is 0 Å². The molecule has 0 saturated carbocycles. The molecule has 84 valence electrons. The van der Waals surface area contributed by atoms with Crippen molar-refractivity contribution in [1.82, 2.24) is 0 Å². The Labute approximate surface area is 88.6 Å². The Hall–Kier alpha value is -1.18. The molecule has 0 fully saturated rings. The third kappa shape index (κ3) is 13.4. The highest BCUT2D eigenvalue weighted by molar-refractivity contribution is 5.24. The van der Waals surface area contributed by atoms with E-state index in [4.69, 9.17) is 9.84 Å². The van der Waals surface area contributed by atoms with Gasteiger partial charge < -0.3 is 9.84 Å². The Morgan fingerprint density at radius 2 is 1.50 bits per heavy atom. The van der Waals surface area contributed by atoms with E-state index in [0.29, 0.717) is 5.76 Å². The van der Waals surface area contributed by atoms with Crippen LogP contribution in [0.2, 0.25) is 0 Å². The number of allylic oxidation sites excluding steroid dienone is 2. The molecule has 0 radical (unpaired) electrons. The van der Waals surface area contributed by atoms with E-state index in [1.165, 1.54) is 7.11 Å². The van der Waals surface area contributed by atoms with E-state index in [0.717, 1.165) is 5.57 Å². The second kappa shape index (κ2) is 14.3. The maximum absolute atomic E-state index is 8.83. The summed E-state index contributed by atoms with van der Waals surface area (Å²) in [7, 11) is 1.47. The number of ether oxygens (including phenoxy) is 1. The maximum atomic E-state index is 8.83. The third-order valence-electron chi connectivity index (χ3n) is 0.882. The van der Waals surface area contributed by atoms with Crippen LogP contribution in [0.4, 0.5) is 0 Å². The second-order valence-electron chi connectivity index (χ2n) is 2.01. The van der Waals surface area contributed by atoms with Crippen molar-refractivity contribution < 1.29 is 9.84 Å². The highest BCUT2D eigenvalue weighted by Crippen LogP contribution is 2.07. The molecule has 0 aromatic rings. The van der Waals surface area contributed by atoms with Crippen LogP contribution < -0.4 is 0 Å². The quantitative estimate of drug-likeness (QED) is 0.546. The number of aliphatic hydroxyl groups is 1. The van der Waals surface area contributed by atoms with Crippen molar-refractivity contribution in [2.45, 2.75) is 34.6 Å². The number of aliphatic hydroxyl groups excluding tert-OH is 1. The molecule has 0 atom stereocenters. The molecular formula is C12H24O2. The van der Waals surface area contributed by atoms with Gasteiger partial charge in [-0.3, -0.25) is 0 Å². The van der Waals surface area contributed by atoms with Crippen molar-refractivity contribution in [2.24, 2.45) is 0 Å². The van der Waals surface area contributed by atoms with Crippen LogP contribution in [0.25, 0.3) is 0 Å². The minimum Gasteiger partial charge on any atom is -0.505 e. The van der Waals surface area contributed by atoms with Gasteiger partial charge in [0.15, 0.2) is 5.76 Å². The summed E-state index contributed by atoms with van der Waals surface area (Å²) >= 11 is 0. The summed E-state index contributed by atoms with van der Waals surface area (Å²) in [6.45, 7) is 16.7. The maximum Gasteiger partial charge on any atom is 0.160 e. The van der Waals surface area contributed by atoms with Gasteiger partial charge in [0, 0.05) is 0 Å². The van der Waals surface area contributed by atoms with Crippen molar-refractivity contribution in [3.8, 4) is 0 Å². The van der Waals surface area contributed by atoms with Crippen LogP contribution in [-0.4, -0.2) is 12.2 Å². The average Bonchev–Trinajstić information content (AvgIpc) is 2.19. The Bertz CT molecular complexity index is 179. The predicted molar refractivity (Wildman–Crippen MR) is 64.4 cm³/mol. The molecule has 0 aliphatic carbocycles. The fraction of sp³-hybridized carbons (Fsp3) is 0.500. The molecule has 14 heavy (non-hydrogen) atoms. The van der Waals surface area contributed by atoms with E-state index in [1.807, 2.05) is 34.6 Å². The van der Waals surface area contributed by atoms with Gasteiger partial charge in [0.05, 0.1) is 7.11 Å². The molecule has 0 amide bonds. The zero-order valence-corrected chi connectivity index (χ0v) is 10.3. The van der Waals surface area contributed by atoms with Gasteiger partial charge in [-0.05, 0) is 13.0 Å². The fourth-order valence-electron chi connectivity index (χ4n) is 0.484. The monoisotopic (exact) mass is 200 g/mol. The largest absolute Gasteiger partial charge is 0.505 e. The SMILES string of the molecule is C=C(C)/C=C(/OC)C(=C)O.CC.CC. The molecule has 0 heterocycles. The number of hydrogen-bond acceptors (Lipinski definition) is 2. The van der Waals surface area contributed by atoms with Crippen LogP contribution in [0.5, 0.6) is 0 Å². The third-order valence-corrected chi connectivity index (χ3v) is 0.882. The highest BCUT2D eigenvalue weighted by Gasteiger charge is 1.97. The smallest absolute Gasteiger partial charge is 0.160 e. The molecule has 0 saturated heterocycles. The van der Waals surface area contributed by atoms with Gasteiger partial charge in [-0.15, -0.1) is 0 Å². The number of rotatable bonds is 3. The Balaban J connectivity index is -0.000000266. The molecule has 2 heteroatoms. The first-order chi connectivity index (χ1) is 6.57. The van der Waals surface area contributed by atoms with Gasteiger partial charge in [-0.2, -0.15) is 0 Å². The van der Waals surface area contributed by atoms with Gasteiger partial charge in [-0.25, -0.2) is 0 Å². The number of hydrogen-bond donors (Lipinski definition) is 1. The predicted octanol–water partition coefficient (Wildman–Crippen LogP) is 4.22. The van der Waals surface area contributed by atoms with Crippen molar-refractivity contribution in [3.63, 3.8) is 0 Å². The lowest BCUT2D eigenvalue weighted by Crippen LogP contribution is -1.89. The zero-order valence-electron chi connectivity index (χ0n) is 10.3. The first-order valence-corrected chi connectivity index (χ1v) is 4.87. The van der Waals surface area contributed by atoms with Gasteiger partial charge in [0.25, 0.3) is 0 Å². The van der Waals surface area contributed by atoms with Crippen LogP contribution in [0.1, 0.15) is 34.6 Å². The molecule has 0 aromatic heterocycles. The summed E-state index contributed by atoms with van der Waals surface area (Å²) in [6.07, 6.45) is 1.61. The molecule has 0 aliphatic heterocycles. The van der Waals surface area contributed by atoms with Crippen LogP contribution >= 0.6 is 0 Å². The first-order valence-electron chi connectivity index (χ1n) is 4.87. The van der Waals surface area contributed by atoms with E-state index in [-0.39, 0.29) is 5.76 Å². The second-order valence-corrected chi connectivity index (χ2v) is 2.01. The Kier molecular flexibility index (Phi) is 19.0. The number of methoxy groups -OCH3 is 1.